The van der Waals surface area contributed by atoms with E-state index < -0.39 is 5.97 Å². The second-order valence-corrected chi connectivity index (χ2v) is 8.31. The van der Waals surface area contributed by atoms with Crippen LogP contribution in [0, 0.1) is 5.92 Å². The highest BCUT2D eigenvalue weighted by Gasteiger charge is 2.29. The number of fused-ring (bicyclic) bond motifs is 3. The van der Waals surface area contributed by atoms with Crippen molar-refractivity contribution in [2.45, 2.75) is 38.6 Å². The second kappa shape index (κ2) is 7.35. The third-order valence-corrected chi connectivity index (χ3v) is 6.47. The van der Waals surface area contributed by atoms with Crippen molar-refractivity contribution in [3.8, 4) is 16.2 Å². The third-order valence-electron chi connectivity index (χ3n) is 5.28. The maximum absolute atomic E-state index is 12.4. The minimum atomic E-state index is -0.432. The molecular weight excluding hydrogens is 362 g/mol. The molecule has 4 rings (SSSR count). The topological polar surface area (TPSA) is 64.6 Å². The van der Waals surface area contributed by atoms with Gasteiger partial charge in [-0.05, 0) is 79.5 Å². The summed E-state index contributed by atoms with van der Waals surface area (Å²) in [6, 6.07) is 8.10. The largest absolute Gasteiger partial charge is 0.497 e. The van der Waals surface area contributed by atoms with Gasteiger partial charge in [-0.3, -0.25) is 4.79 Å². The number of carbonyl (C=O) groups is 2. The number of amides is 1. The summed E-state index contributed by atoms with van der Waals surface area (Å²) in [5.74, 6) is 0.757. The lowest BCUT2D eigenvalue weighted by Crippen LogP contribution is -2.37. The molecule has 1 saturated carbocycles. The van der Waals surface area contributed by atoms with Gasteiger partial charge >= 0.3 is 5.97 Å². The molecular formula is C21H23NO4S. The summed E-state index contributed by atoms with van der Waals surface area (Å²) < 4.78 is 10.5. The lowest BCUT2D eigenvalue weighted by atomic mass is 9.91. The highest BCUT2D eigenvalue weighted by atomic mass is 32.1. The van der Waals surface area contributed by atoms with Gasteiger partial charge in [-0.25, -0.2) is 4.79 Å². The summed E-state index contributed by atoms with van der Waals surface area (Å²) in [7, 11) is 1.66. The number of aryl methyl sites for hydroxylation is 2. The first-order valence-corrected chi connectivity index (χ1v) is 10.1. The number of methoxy groups -OCH3 is 1. The molecule has 5 nitrogen and oxygen atoms in total. The standard InChI is InChI=1S/C21H23NO4S/c1-12(13-3-4-13)22-19(23)11-26-21(24)18-10-15-6-5-14-9-16(25-2)7-8-17(14)20(15)27-18/h7-10,12-13H,3-6,11H2,1-2H3,(H,22,23)/t12-/m1/s1. The molecule has 27 heavy (non-hydrogen) atoms. The van der Waals surface area contributed by atoms with E-state index in [2.05, 4.69) is 11.4 Å². The van der Waals surface area contributed by atoms with E-state index in [1.165, 1.54) is 16.9 Å². The van der Waals surface area contributed by atoms with Crippen molar-refractivity contribution in [2.24, 2.45) is 5.92 Å². The second-order valence-electron chi connectivity index (χ2n) is 7.26. The van der Waals surface area contributed by atoms with Crippen molar-refractivity contribution in [3.05, 3.63) is 40.3 Å². The number of carbonyl (C=O) groups excluding carboxylic acids is 2. The quantitative estimate of drug-likeness (QED) is 0.772. The minimum absolute atomic E-state index is 0.152. The average molecular weight is 385 g/mol. The van der Waals surface area contributed by atoms with Gasteiger partial charge in [-0.2, -0.15) is 0 Å². The molecule has 0 bridgehead atoms. The Bertz CT molecular complexity index is 884. The number of ether oxygens (including phenoxy) is 2. The van der Waals surface area contributed by atoms with Crippen LogP contribution in [0.5, 0.6) is 5.75 Å². The van der Waals surface area contributed by atoms with E-state index in [1.54, 1.807) is 7.11 Å². The Kier molecular flexibility index (Phi) is 4.91. The van der Waals surface area contributed by atoms with E-state index in [0.29, 0.717) is 10.8 Å². The van der Waals surface area contributed by atoms with Gasteiger partial charge in [0.05, 0.1) is 7.11 Å². The van der Waals surface area contributed by atoms with Crippen LogP contribution in [0.15, 0.2) is 24.3 Å². The number of hydrogen-bond donors (Lipinski definition) is 1. The van der Waals surface area contributed by atoms with Gasteiger partial charge in [-0.1, -0.05) is 0 Å². The molecule has 1 fully saturated rings. The Morgan fingerprint density at radius 1 is 1.22 bits per heavy atom. The van der Waals surface area contributed by atoms with Crippen molar-refractivity contribution in [3.63, 3.8) is 0 Å². The highest BCUT2D eigenvalue weighted by molar-refractivity contribution is 7.17. The zero-order valence-corrected chi connectivity index (χ0v) is 16.4. The number of rotatable bonds is 6. The highest BCUT2D eigenvalue weighted by Crippen LogP contribution is 2.41. The van der Waals surface area contributed by atoms with Crippen molar-refractivity contribution >= 4 is 23.2 Å². The molecule has 0 unspecified atom stereocenters. The molecule has 2 aromatic rings. The van der Waals surface area contributed by atoms with Gasteiger partial charge < -0.3 is 14.8 Å². The Labute approximate surface area is 162 Å². The van der Waals surface area contributed by atoms with E-state index in [0.717, 1.165) is 47.4 Å². The number of thiophene rings is 1. The maximum atomic E-state index is 12.4. The number of nitrogens with one attached hydrogen (secondary N) is 1. The molecule has 1 atom stereocenters. The van der Waals surface area contributed by atoms with Crippen LogP contribution in [0.2, 0.25) is 0 Å². The number of hydrogen-bond acceptors (Lipinski definition) is 5. The summed E-state index contributed by atoms with van der Waals surface area (Å²) in [5, 5.41) is 2.90. The third kappa shape index (κ3) is 3.86. The van der Waals surface area contributed by atoms with Crippen molar-refractivity contribution in [1.82, 2.24) is 5.32 Å². The molecule has 2 aliphatic rings. The Hall–Kier alpha value is -2.34. The summed E-state index contributed by atoms with van der Waals surface area (Å²) >= 11 is 1.43. The number of esters is 1. The van der Waals surface area contributed by atoms with E-state index in [-0.39, 0.29) is 18.6 Å². The zero-order chi connectivity index (χ0) is 19.0. The van der Waals surface area contributed by atoms with Crippen LogP contribution in [0.25, 0.3) is 10.4 Å². The van der Waals surface area contributed by atoms with E-state index in [1.807, 2.05) is 25.1 Å². The fraction of sp³-hybridized carbons (Fsp3) is 0.429. The molecule has 142 valence electrons. The molecule has 1 amide bonds. The van der Waals surface area contributed by atoms with Crippen LogP contribution in [0.4, 0.5) is 0 Å². The van der Waals surface area contributed by atoms with Crippen LogP contribution >= 0.6 is 11.3 Å². The predicted molar refractivity (Wildman–Crippen MR) is 104 cm³/mol. The van der Waals surface area contributed by atoms with Crippen molar-refractivity contribution in [1.29, 1.82) is 0 Å². The van der Waals surface area contributed by atoms with Crippen molar-refractivity contribution < 1.29 is 19.1 Å². The van der Waals surface area contributed by atoms with Crippen LogP contribution < -0.4 is 10.1 Å². The van der Waals surface area contributed by atoms with Crippen molar-refractivity contribution in [2.75, 3.05) is 13.7 Å². The fourth-order valence-electron chi connectivity index (χ4n) is 3.55. The Morgan fingerprint density at radius 2 is 2.00 bits per heavy atom. The fourth-order valence-corrected chi connectivity index (χ4v) is 4.71. The SMILES string of the molecule is COc1ccc2c(c1)CCc1cc(C(=O)OCC(=O)N[C@H](C)C3CC3)sc1-2. The summed E-state index contributed by atoms with van der Waals surface area (Å²) in [4.78, 5) is 26.0. The number of benzene rings is 1. The van der Waals surface area contributed by atoms with Crippen LogP contribution in [0.1, 0.15) is 40.6 Å². The van der Waals surface area contributed by atoms with Crippen LogP contribution in [-0.2, 0) is 22.4 Å². The molecule has 1 aromatic carbocycles. The molecule has 0 radical (unpaired) electrons. The van der Waals surface area contributed by atoms with E-state index in [4.69, 9.17) is 9.47 Å². The Balaban J connectivity index is 1.42. The molecule has 2 aliphatic carbocycles. The maximum Gasteiger partial charge on any atom is 0.348 e. The first-order chi connectivity index (χ1) is 13.0. The van der Waals surface area contributed by atoms with E-state index in [9.17, 15) is 9.59 Å². The molecule has 0 saturated heterocycles. The van der Waals surface area contributed by atoms with Crippen LogP contribution in [0.3, 0.4) is 0 Å². The lowest BCUT2D eigenvalue weighted by Gasteiger charge is -2.16. The first-order valence-electron chi connectivity index (χ1n) is 9.31. The van der Waals surface area contributed by atoms with E-state index >= 15 is 0 Å². The van der Waals surface area contributed by atoms with Crippen LogP contribution in [-0.4, -0.2) is 31.6 Å². The minimum Gasteiger partial charge on any atom is -0.497 e. The van der Waals surface area contributed by atoms with Gasteiger partial charge in [0, 0.05) is 10.9 Å². The summed E-state index contributed by atoms with van der Waals surface area (Å²) in [6.45, 7) is 1.77. The normalized spacial score (nSPS) is 16.1. The van der Waals surface area contributed by atoms with Gasteiger partial charge in [0.2, 0.25) is 0 Å². The van der Waals surface area contributed by atoms with Gasteiger partial charge in [0.1, 0.15) is 10.6 Å². The summed E-state index contributed by atoms with van der Waals surface area (Å²) in [5.41, 5.74) is 3.55. The predicted octanol–water partition coefficient (Wildman–Crippen LogP) is 3.59. The molecule has 0 spiro atoms. The Morgan fingerprint density at radius 3 is 2.74 bits per heavy atom. The summed E-state index contributed by atoms with van der Waals surface area (Å²) in [6.07, 6.45) is 4.13. The average Bonchev–Trinajstić information content (AvgIpc) is 3.44. The molecule has 0 aliphatic heterocycles. The monoisotopic (exact) mass is 385 g/mol. The van der Waals surface area contributed by atoms with Gasteiger partial charge in [0.25, 0.3) is 5.91 Å². The first kappa shape index (κ1) is 18.0. The lowest BCUT2D eigenvalue weighted by molar-refractivity contribution is -0.124. The molecule has 6 heteroatoms. The zero-order valence-electron chi connectivity index (χ0n) is 15.5. The molecule has 1 heterocycles. The smallest absolute Gasteiger partial charge is 0.348 e. The van der Waals surface area contributed by atoms with Gasteiger partial charge in [-0.15, -0.1) is 11.3 Å². The van der Waals surface area contributed by atoms with Gasteiger partial charge in [0.15, 0.2) is 6.61 Å². The molecule has 1 N–H and O–H groups in total. The molecule has 1 aromatic heterocycles.